The average molecular weight is 449 g/mol. The van der Waals surface area contributed by atoms with Crippen LogP contribution in [0.4, 0.5) is 5.95 Å². The lowest BCUT2D eigenvalue weighted by molar-refractivity contribution is 0.429. The number of aromatic nitrogens is 7. The molecule has 0 radical (unpaired) electrons. The van der Waals surface area contributed by atoms with E-state index in [0.29, 0.717) is 22.2 Å². The highest BCUT2D eigenvalue weighted by Crippen LogP contribution is 2.42. The molecule has 4 aromatic rings. The highest BCUT2D eigenvalue weighted by atomic mass is 32.2. The largest absolute Gasteiger partial charge is 0.341 e. The van der Waals surface area contributed by atoms with E-state index in [4.69, 9.17) is 4.98 Å². The number of benzene rings is 1. The van der Waals surface area contributed by atoms with Gasteiger partial charge in [-0.3, -0.25) is 9.36 Å². The van der Waals surface area contributed by atoms with E-state index in [2.05, 4.69) is 36.7 Å². The molecular weight excluding hydrogens is 424 g/mol. The molecule has 1 aromatic carbocycles. The van der Waals surface area contributed by atoms with Gasteiger partial charge in [0.1, 0.15) is 5.39 Å². The van der Waals surface area contributed by atoms with Gasteiger partial charge in [0.05, 0.1) is 11.9 Å². The van der Waals surface area contributed by atoms with Gasteiger partial charge in [-0.15, -0.1) is 10.2 Å². The molecule has 164 valence electrons. The summed E-state index contributed by atoms with van der Waals surface area (Å²) in [6, 6.07) is 10.1. The van der Waals surface area contributed by atoms with Gasteiger partial charge in [-0.05, 0) is 55.5 Å². The van der Waals surface area contributed by atoms with Gasteiger partial charge in [0.2, 0.25) is 11.1 Å². The molecule has 1 N–H and O–H groups in total. The van der Waals surface area contributed by atoms with Crippen LogP contribution in [0.5, 0.6) is 0 Å². The molecule has 32 heavy (non-hydrogen) atoms. The van der Waals surface area contributed by atoms with Crippen LogP contribution in [0, 0.1) is 5.92 Å². The van der Waals surface area contributed by atoms with Gasteiger partial charge >= 0.3 is 0 Å². The Morgan fingerprint density at radius 1 is 1.06 bits per heavy atom. The van der Waals surface area contributed by atoms with Gasteiger partial charge in [-0.1, -0.05) is 25.1 Å². The monoisotopic (exact) mass is 448 g/mol. The molecule has 6 rings (SSSR count). The first-order valence-electron chi connectivity index (χ1n) is 11.1. The van der Waals surface area contributed by atoms with Crippen molar-refractivity contribution in [2.75, 3.05) is 18.0 Å². The summed E-state index contributed by atoms with van der Waals surface area (Å²) in [5.41, 5.74) is 1.19. The van der Waals surface area contributed by atoms with Crippen LogP contribution in [0.1, 0.15) is 38.6 Å². The van der Waals surface area contributed by atoms with Crippen molar-refractivity contribution in [1.82, 2.24) is 34.5 Å². The van der Waals surface area contributed by atoms with Crippen molar-refractivity contribution >= 4 is 28.7 Å². The first kappa shape index (κ1) is 19.5. The lowest BCUT2D eigenvalue weighted by Gasteiger charge is -2.31. The summed E-state index contributed by atoms with van der Waals surface area (Å²) in [5.74, 6) is 1.70. The number of piperidine rings is 1. The molecule has 4 heterocycles. The number of nitrogens with zero attached hydrogens (tertiary/aromatic N) is 7. The van der Waals surface area contributed by atoms with Crippen LogP contribution in [-0.4, -0.2) is 47.6 Å². The van der Waals surface area contributed by atoms with Crippen molar-refractivity contribution in [3.8, 4) is 5.69 Å². The minimum atomic E-state index is -0.206. The number of hydrogen-bond donors (Lipinski definition) is 1. The molecule has 0 amide bonds. The predicted molar refractivity (Wildman–Crippen MR) is 123 cm³/mol. The van der Waals surface area contributed by atoms with Crippen LogP contribution in [0.2, 0.25) is 0 Å². The molecule has 1 saturated carbocycles. The Kier molecular flexibility index (Phi) is 4.74. The highest BCUT2D eigenvalue weighted by molar-refractivity contribution is 7.99. The summed E-state index contributed by atoms with van der Waals surface area (Å²) in [6.45, 7) is 4.32. The number of anilines is 1. The number of aromatic amines is 1. The molecule has 1 aliphatic heterocycles. The Morgan fingerprint density at radius 3 is 2.59 bits per heavy atom. The summed E-state index contributed by atoms with van der Waals surface area (Å²) in [5, 5.41) is 15.2. The Labute approximate surface area is 188 Å². The SMILES string of the molecule is CC1CCN(c2nnc(Sc3nc4c(cnn4-c4ccccc4)c(=O)[nH]3)n2C2CC2)CC1. The Morgan fingerprint density at radius 2 is 1.84 bits per heavy atom. The van der Waals surface area contributed by atoms with Gasteiger partial charge in [0.15, 0.2) is 10.8 Å². The van der Waals surface area contributed by atoms with E-state index in [9.17, 15) is 4.79 Å². The Hall–Kier alpha value is -3.14. The predicted octanol–water partition coefficient (Wildman–Crippen LogP) is 3.42. The van der Waals surface area contributed by atoms with Crippen molar-refractivity contribution < 1.29 is 0 Å². The van der Waals surface area contributed by atoms with E-state index >= 15 is 0 Å². The van der Waals surface area contributed by atoms with Crippen LogP contribution in [0.3, 0.4) is 0 Å². The normalized spacial score (nSPS) is 17.3. The van der Waals surface area contributed by atoms with Crippen LogP contribution in [-0.2, 0) is 0 Å². The lowest BCUT2D eigenvalue weighted by atomic mass is 10.00. The average Bonchev–Trinajstić information content (AvgIpc) is 3.41. The molecule has 9 nitrogen and oxygen atoms in total. The molecule has 2 aliphatic rings. The molecule has 2 fully saturated rings. The second-order valence-electron chi connectivity index (χ2n) is 8.66. The smallest absolute Gasteiger partial charge is 0.262 e. The maximum atomic E-state index is 12.7. The first-order valence-corrected chi connectivity index (χ1v) is 11.9. The van der Waals surface area contributed by atoms with E-state index in [1.165, 1.54) is 24.6 Å². The molecule has 0 unspecified atom stereocenters. The number of para-hydroxylation sites is 1. The molecular formula is C22H24N8OS. The minimum Gasteiger partial charge on any atom is -0.341 e. The Bertz CT molecular complexity index is 1310. The van der Waals surface area contributed by atoms with E-state index in [1.807, 2.05) is 30.3 Å². The van der Waals surface area contributed by atoms with Crippen molar-refractivity contribution in [3.05, 3.63) is 46.9 Å². The van der Waals surface area contributed by atoms with E-state index in [0.717, 1.165) is 48.6 Å². The number of rotatable bonds is 5. The van der Waals surface area contributed by atoms with Crippen LogP contribution < -0.4 is 10.5 Å². The molecule has 1 aliphatic carbocycles. The third-order valence-electron chi connectivity index (χ3n) is 6.23. The zero-order chi connectivity index (χ0) is 21.7. The summed E-state index contributed by atoms with van der Waals surface area (Å²) in [4.78, 5) is 22.7. The van der Waals surface area contributed by atoms with Crippen molar-refractivity contribution in [2.24, 2.45) is 5.92 Å². The molecule has 0 spiro atoms. The van der Waals surface area contributed by atoms with Crippen LogP contribution in [0.25, 0.3) is 16.7 Å². The van der Waals surface area contributed by atoms with Crippen LogP contribution >= 0.6 is 11.8 Å². The van der Waals surface area contributed by atoms with Crippen molar-refractivity contribution in [1.29, 1.82) is 0 Å². The number of H-pyrrole nitrogens is 1. The maximum Gasteiger partial charge on any atom is 0.262 e. The van der Waals surface area contributed by atoms with Crippen molar-refractivity contribution in [3.63, 3.8) is 0 Å². The van der Waals surface area contributed by atoms with Gasteiger partial charge in [-0.25, -0.2) is 9.67 Å². The molecule has 0 atom stereocenters. The quantitative estimate of drug-likeness (QED) is 0.467. The second-order valence-corrected chi connectivity index (χ2v) is 9.61. The summed E-state index contributed by atoms with van der Waals surface area (Å²) >= 11 is 1.36. The van der Waals surface area contributed by atoms with Gasteiger partial charge in [-0.2, -0.15) is 5.10 Å². The van der Waals surface area contributed by atoms with Crippen molar-refractivity contribution in [2.45, 2.75) is 49.0 Å². The first-order chi connectivity index (χ1) is 15.7. The van der Waals surface area contributed by atoms with Gasteiger partial charge < -0.3 is 9.88 Å². The van der Waals surface area contributed by atoms with E-state index in [-0.39, 0.29) is 5.56 Å². The highest BCUT2D eigenvalue weighted by Gasteiger charge is 2.33. The minimum absolute atomic E-state index is 0.206. The number of nitrogens with one attached hydrogen (secondary N) is 1. The Balaban J connectivity index is 1.36. The maximum absolute atomic E-state index is 12.7. The third kappa shape index (κ3) is 3.48. The standard InChI is InChI=1S/C22H24N8OS/c1-14-9-11-28(12-10-14)21-26-27-22(29(21)15-7-8-15)32-20-24-18-17(19(31)25-20)13-23-30(18)16-5-3-2-4-6-16/h2-6,13-15H,7-12H2,1H3,(H,24,25,31). The fourth-order valence-electron chi connectivity index (χ4n) is 4.21. The van der Waals surface area contributed by atoms with Gasteiger partial charge in [0, 0.05) is 19.1 Å². The fraction of sp³-hybridized carbons (Fsp3) is 0.409. The lowest BCUT2D eigenvalue weighted by Crippen LogP contribution is -2.34. The van der Waals surface area contributed by atoms with E-state index in [1.54, 1.807) is 10.9 Å². The topological polar surface area (TPSA) is 97.5 Å². The number of fused-ring (bicyclic) bond motifs is 1. The second kappa shape index (κ2) is 7.77. The fourth-order valence-corrected chi connectivity index (χ4v) is 5.07. The van der Waals surface area contributed by atoms with Gasteiger partial charge in [0.25, 0.3) is 5.56 Å². The summed E-state index contributed by atoms with van der Waals surface area (Å²) < 4.78 is 3.93. The molecule has 3 aromatic heterocycles. The zero-order valence-corrected chi connectivity index (χ0v) is 18.6. The molecule has 1 saturated heterocycles. The van der Waals surface area contributed by atoms with Crippen LogP contribution in [0.15, 0.2) is 51.6 Å². The summed E-state index contributed by atoms with van der Waals surface area (Å²) in [6.07, 6.45) is 6.17. The molecule has 0 bridgehead atoms. The number of hydrogen-bond acceptors (Lipinski definition) is 7. The third-order valence-corrected chi connectivity index (χ3v) is 7.08. The summed E-state index contributed by atoms with van der Waals surface area (Å²) in [7, 11) is 0. The van der Waals surface area contributed by atoms with E-state index < -0.39 is 0 Å². The molecule has 10 heteroatoms. The zero-order valence-electron chi connectivity index (χ0n) is 17.8.